The Morgan fingerprint density at radius 2 is 1.96 bits per heavy atom. The Balaban J connectivity index is 1.87. The summed E-state index contributed by atoms with van der Waals surface area (Å²) in [6.07, 6.45) is 0. The van der Waals surface area contributed by atoms with Crippen LogP contribution in [0, 0.1) is 17.4 Å². The summed E-state index contributed by atoms with van der Waals surface area (Å²) < 4.78 is 2.57. The number of aromatic nitrogens is 4. The fourth-order valence-corrected chi connectivity index (χ4v) is 2.81. The predicted molar refractivity (Wildman–Crippen MR) is 95.7 cm³/mol. The van der Waals surface area contributed by atoms with Gasteiger partial charge in [-0.25, -0.2) is 0 Å². The number of carbonyl (C=O) groups excluding carboxylic acids is 1. The zero-order valence-electron chi connectivity index (χ0n) is 12.6. The molecule has 0 unspecified atom stereocenters. The summed E-state index contributed by atoms with van der Waals surface area (Å²) in [5.41, 5.74) is 3.23. The highest BCUT2D eigenvalue weighted by Crippen LogP contribution is 2.20. The lowest BCUT2D eigenvalue weighted by molar-refractivity contribution is 0.102. The van der Waals surface area contributed by atoms with E-state index >= 15 is 0 Å². The highest BCUT2D eigenvalue weighted by Gasteiger charge is 2.12. The van der Waals surface area contributed by atoms with Gasteiger partial charge >= 0.3 is 0 Å². The first kappa shape index (κ1) is 15.6. The Kier molecular flexibility index (Phi) is 4.37. The van der Waals surface area contributed by atoms with E-state index in [-0.39, 0.29) is 5.91 Å². The Labute approximate surface area is 147 Å². The number of hydrogen-bond acceptors (Lipinski definition) is 4. The number of nitrogens with zero attached hydrogens (tertiary/aromatic N) is 4. The molecule has 3 aromatic rings. The molecule has 0 saturated carbocycles. The van der Waals surface area contributed by atoms with Crippen LogP contribution in [0.5, 0.6) is 0 Å². The molecule has 0 atom stereocenters. The molecule has 1 amide bonds. The van der Waals surface area contributed by atoms with E-state index in [4.69, 9.17) is 0 Å². The highest BCUT2D eigenvalue weighted by atomic mass is 127. The van der Waals surface area contributed by atoms with Crippen LogP contribution in [0.2, 0.25) is 0 Å². The zero-order chi connectivity index (χ0) is 16.4. The van der Waals surface area contributed by atoms with Crippen molar-refractivity contribution in [2.45, 2.75) is 13.8 Å². The average Bonchev–Trinajstić information content (AvgIpc) is 2.96. The van der Waals surface area contributed by atoms with Gasteiger partial charge in [0.15, 0.2) is 5.82 Å². The molecule has 2 aromatic carbocycles. The van der Waals surface area contributed by atoms with Crippen LogP contribution in [-0.4, -0.2) is 26.1 Å². The molecule has 23 heavy (non-hydrogen) atoms. The number of hydrogen-bond donors (Lipinski definition) is 1. The van der Waals surface area contributed by atoms with Crippen LogP contribution < -0.4 is 5.32 Å². The largest absolute Gasteiger partial charge is 0.322 e. The lowest BCUT2D eigenvalue weighted by Gasteiger charge is -2.10. The standard InChI is InChI=1S/C16H14IN5O/c1-10-5-3-8-14(15(10)17)16(23)18-12-6-4-7-13(9-12)22-11(2)19-20-21-22/h3-9H,1-2H3,(H,18,23). The van der Waals surface area contributed by atoms with Crippen LogP contribution >= 0.6 is 22.6 Å². The van der Waals surface area contributed by atoms with Crippen molar-refractivity contribution in [2.75, 3.05) is 5.32 Å². The lowest BCUT2D eigenvalue weighted by atomic mass is 10.1. The van der Waals surface area contributed by atoms with Crippen LogP contribution in [0.15, 0.2) is 42.5 Å². The summed E-state index contributed by atoms with van der Waals surface area (Å²) in [4.78, 5) is 12.5. The molecule has 7 heteroatoms. The molecule has 0 fully saturated rings. The maximum absolute atomic E-state index is 12.5. The Morgan fingerprint density at radius 3 is 2.70 bits per heavy atom. The van der Waals surface area contributed by atoms with E-state index in [0.29, 0.717) is 17.1 Å². The molecule has 1 N–H and O–H groups in total. The van der Waals surface area contributed by atoms with Gasteiger partial charge in [-0.2, -0.15) is 4.68 Å². The van der Waals surface area contributed by atoms with Crippen LogP contribution in [0.3, 0.4) is 0 Å². The molecule has 0 bridgehead atoms. The van der Waals surface area contributed by atoms with Gasteiger partial charge in [-0.1, -0.05) is 18.2 Å². The van der Waals surface area contributed by atoms with E-state index in [0.717, 1.165) is 14.8 Å². The molecule has 0 saturated heterocycles. The fourth-order valence-electron chi connectivity index (χ4n) is 2.21. The van der Waals surface area contributed by atoms with Crippen LogP contribution in [0.25, 0.3) is 5.69 Å². The van der Waals surface area contributed by atoms with Gasteiger partial charge in [0.1, 0.15) is 0 Å². The third kappa shape index (κ3) is 3.24. The predicted octanol–water partition coefficient (Wildman–Crippen LogP) is 3.14. The second kappa shape index (κ2) is 6.45. The summed E-state index contributed by atoms with van der Waals surface area (Å²) in [5, 5.41) is 14.4. The normalized spacial score (nSPS) is 10.6. The lowest BCUT2D eigenvalue weighted by Crippen LogP contribution is -2.14. The van der Waals surface area contributed by atoms with Crippen LogP contribution in [0.1, 0.15) is 21.7 Å². The third-order valence-electron chi connectivity index (χ3n) is 3.41. The minimum absolute atomic E-state index is 0.135. The van der Waals surface area contributed by atoms with Crippen molar-refractivity contribution in [3.63, 3.8) is 0 Å². The maximum atomic E-state index is 12.5. The summed E-state index contributed by atoms with van der Waals surface area (Å²) in [5.74, 6) is 0.547. The number of aryl methyl sites for hydroxylation is 2. The molecular weight excluding hydrogens is 405 g/mol. The zero-order valence-corrected chi connectivity index (χ0v) is 14.8. The molecular formula is C16H14IN5O. The number of benzene rings is 2. The van der Waals surface area contributed by atoms with E-state index in [1.807, 2.05) is 56.3 Å². The molecule has 116 valence electrons. The van der Waals surface area contributed by atoms with Gasteiger partial charge in [-0.15, -0.1) is 5.10 Å². The summed E-state index contributed by atoms with van der Waals surface area (Å²) in [6, 6.07) is 13.1. The molecule has 0 aliphatic carbocycles. The molecule has 3 rings (SSSR count). The van der Waals surface area contributed by atoms with Gasteiger partial charge in [-0.3, -0.25) is 4.79 Å². The van der Waals surface area contributed by atoms with E-state index in [1.54, 1.807) is 4.68 Å². The molecule has 1 aromatic heterocycles. The van der Waals surface area contributed by atoms with Crippen molar-refractivity contribution in [1.82, 2.24) is 20.2 Å². The molecule has 0 radical (unpaired) electrons. The highest BCUT2D eigenvalue weighted by molar-refractivity contribution is 14.1. The van der Waals surface area contributed by atoms with Crippen molar-refractivity contribution >= 4 is 34.2 Å². The fraction of sp³-hybridized carbons (Fsp3) is 0.125. The first-order valence-corrected chi connectivity index (χ1v) is 8.06. The molecule has 1 heterocycles. The SMILES string of the molecule is Cc1cccc(C(=O)Nc2cccc(-n3nnnc3C)c2)c1I. The van der Waals surface area contributed by atoms with E-state index in [9.17, 15) is 4.79 Å². The maximum Gasteiger partial charge on any atom is 0.256 e. The second-order valence-electron chi connectivity index (χ2n) is 5.08. The summed E-state index contributed by atoms with van der Waals surface area (Å²) in [7, 11) is 0. The van der Waals surface area contributed by atoms with E-state index in [2.05, 4.69) is 43.4 Å². The van der Waals surface area contributed by atoms with Crippen LogP contribution in [-0.2, 0) is 0 Å². The van der Waals surface area contributed by atoms with Crippen molar-refractivity contribution in [2.24, 2.45) is 0 Å². The van der Waals surface area contributed by atoms with Gasteiger partial charge in [0.2, 0.25) is 0 Å². The Bertz CT molecular complexity index is 874. The number of anilines is 1. The number of halogens is 1. The quantitative estimate of drug-likeness (QED) is 0.663. The van der Waals surface area contributed by atoms with E-state index in [1.165, 1.54) is 0 Å². The number of carbonyl (C=O) groups is 1. The third-order valence-corrected chi connectivity index (χ3v) is 4.84. The minimum atomic E-state index is -0.135. The number of amides is 1. The van der Waals surface area contributed by atoms with Gasteiger partial charge in [0.25, 0.3) is 5.91 Å². The van der Waals surface area contributed by atoms with Crippen molar-refractivity contribution in [3.05, 3.63) is 63.0 Å². The van der Waals surface area contributed by atoms with Gasteiger partial charge in [0.05, 0.1) is 11.3 Å². The number of tetrazole rings is 1. The second-order valence-corrected chi connectivity index (χ2v) is 6.16. The summed E-state index contributed by atoms with van der Waals surface area (Å²) in [6.45, 7) is 3.81. The Morgan fingerprint density at radius 1 is 1.17 bits per heavy atom. The molecule has 0 aliphatic heterocycles. The monoisotopic (exact) mass is 419 g/mol. The topological polar surface area (TPSA) is 72.7 Å². The summed E-state index contributed by atoms with van der Waals surface area (Å²) >= 11 is 2.19. The smallest absolute Gasteiger partial charge is 0.256 e. The van der Waals surface area contributed by atoms with Crippen molar-refractivity contribution < 1.29 is 4.79 Å². The average molecular weight is 419 g/mol. The van der Waals surface area contributed by atoms with Crippen molar-refractivity contribution in [1.29, 1.82) is 0 Å². The van der Waals surface area contributed by atoms with Crippen molar-refractivity contribution in [3.8, 4) is 5.69 Å². The number of nitrogens with one attached hydrogen (secondary N) is 1. The van der Waals surface area contributed by atoms with Crippen LogP contribution in [0.4, 0.5) is 5.69 Å². The number of rotatable bonds is 3. The Hall–Kier alpha value is -2.29. The molecule has 6 nitrogen and oxygen atoms in total. The molecule has 0 aliphatic rings. The van der Waals surface area contributed by atoms with Gasteiger partial charge in [-0.05, 0) is 76.7 Å². The first-order valence-electron chi connectivity index (χ1n) is 6.98. The van der Waals surface area contributed by atoms with Gasteiger partial charge < -0.3 is 5.32 Å². The molecule has 0 spiro atoms. The van der Waals surface area contributed by atoms with Gasteiger partial charge in [0, 0.05) is 9.26 Å². The first-order chi connectivity index (χ1) is 11.1. The van der Waals surface area contributed by atoms with E-state index < -0.39 is 0 Å². The minimum Gasteiger partial charge on any atom is -0.322 e.